The van der Waals surface area contributed by atoms with Crippen LogP contribution in [0.15, 0.2) is 54.6 Å². The van der Waals surface area contributed by atoms with Crippen LogP contribution in [0.5, 0.6) is 0 Å². The first kappa shape index (κ1) is 14.8. The number of hydrogen-bond acceptors (Lipinski definition) is 2. The minimum atomic E-state index is 0.0493. The van der Waals surface area contributed by atoms with Crippen LogP contribution in [0, 0.1) is 0 Å². The summed E-state index contributed by atoms with van der Waals surface area (Å²) in [6.07, 6.45) is 1.30. The van der Waals surface area contributed by atoms with Crippen molar-refractivity contribution in [1.82, 2.24) is 10.6 Å². The molecule has 2 unspecified atom stereocenters. The van der Waals surface area contributed by atoms with Crippen molar-refractivity contribution in [2.75, 3.05) is 0 Å². The Morgan fingerprint density at radius 2 is 1.86 bits per heavy atom. The molecule has 0 aliphatic carbocycles. The number of rotatable bonds is 4. The van der Waals surface area contributed by atoms with Crippen molar-refractivity contribution in [2.45, 2.75) is 38.4 Å². The van der Waals surface area contributed by atoms with Crippen molar-refractivity contribution < 1.29 is 4.79 Å². The lowest BCUT2D eigenvalue weighted by Gasteiger charge is -2.33. The van der Waals surface area contributed by atoms with Crippen molar-refractivity contribution in [2.24, 2.45) is 0 Å². The second-order valence-electron chi connectivity index (χ2n) is 5.90. The number of carbonyl (C=O) groups excluding carboxylic acids is 1. The molecule has 0 aromatic heterocycles. The third-order valence-corrected chi connectivity index (χ3v) is 4.30. The average molecular weight is 294 g/mol. The monoisotopic (exact) mass is 294 g/mol. The molecule has 0 fully saturated rings. The lowest BCUT2D eigenvalue weighted by Crippen LogP contribution is -2.45. The van der Waals surface area contributed by atoms with E-state index >= 15 is 0 Å². The van der Waals surface area contributed by atoms with E-state index in [1.807, 2.05) is 30.3 Å². The Morgan fingerprint density at radius 1 is 1.14 bits per heavy atom. The molecule has 114 valence electrons. The zero-order chi connectivity index (χ0) is 15.4. The van der Waals surface area contributed by atoms with Crippen LogP contribution in [0.25, 0.3) is 0 Å². The number of fused-ring (bicyclic) bond motifs is 1. The second-order valence-corrected chi connectivity index (χ2v) is 5.90. The summed E-state index contributed by atoms with van der Waals surface area (Å²) in [6, 6.07) is 18.8. The van der Waals surface area contributed by atoms with Crippen LogP contribution >= 0.6 is 0 Å². The van der Waals surface area contributed by atoms with Crippen LogP contribution in [0.2, 0.25) is 0 Å². The minimum Gasteiger partial charge on any atom is -0.348 e. The Balaban J connectivity index is 1.64. The zero-order valence-corrected chi connectivity index (χ0v) is 12.9. The van der Waals surface area contributed by atoms with Crippen LogP contribution in [0.4, 0.5) is 0 Å². The Hall–Kier alpha value is -2.13. The maximum Gasteiger partial charge on any atom is 0.220 e. The molecule has 2 N–H and O–H groups in total. The van der Waals surface area contributed by atoms with Crippen molar-refractivity contribution in [1.29, 1.82) is 0 Å². The fourth-order valence-electron chi connectivity index (χ4n) is 3.01. The van der Waals surface area contributed by atoms with Gasteiger partial charge in [0.25, 0.3) is 0 Å². The smallest absolute Gasteiger partial charge is 0.220 e. The van der Waals surface area contributed by atoms with Crippen LogP contribution in [-0.4, -0.2) is 11.9 Å². The molecule has 1 aliphatic rings. The topological polar surface area (TPSA) is 41.1 Å². The standard InChI is InChI=1S/C19H22N2O/c1-14-19(17-10-6-5-9-16(17)13-20-14)21-18(22)12-11-15-7-3-2-4-8-15/h2-10,14,19-20H,11-13H2,1H3,(H,21,22). The molecule has 1 heterocycles. The lowest BCUT2D eigenvalue weighted by atomic mass is 9.91. The van der Waals surface area contributed by atoms with Gasteiger partial charge in [-0.1, -0.05) is 54.6 Å². The highest BCUT2D eigenvalue weighted by Crippen LogP contribution is 2.25. The first-order valence-corrected chi connectivity index (χ1v) is 7.88. The summed E-state index contributed by atoms with van der Waals surface area (Å²) in [5, 5.41) is 6.65. The molecule has 0 radical (unpaired) electrons. The van der Waals surface area contributed by atoms with Crippen LogP contribution in [-0.2, 0) is 17.8 Å². The SMILES string of the molecule is CC1NCc2ccccc2C1NC(=O)CCc1ccccc1. The van der Waals surface area contributed by atoms with E-state index in [1.54, 1.807) is 0 Å². The fourth-order valence-corrected chi connectivity index (χ4v) is 3.01. The van der Waals surface area contributed by atoms with Gasteiger partial charge in [0, 0.05) is 19.0 Å². The molecular weight excluding hydrogens is 272 g/mol. The predicted molar refractivity (Wildman–Crippen MR) is 88.4 cm³/mol. The van der Waals surface area contributed by atoms with Gasteiger partial charge in [-0.3, -0.25) is 4.79 Å². The Labute approximate surface area is 131 Å². The third-order valence-electron chi connectivity index (χ3n) is 4.30. The number of benzene rings is 2. The normalized spacial score (nSPS) is 20.2. The van der Waals surface area contributed by atoms with E-state index in [1.165, 1.54) is 16.7 Å². The maximum atomic E-state index is 12.3. The predicted octanol–water partition coefficient (Wildman–Crippen LogP) is 2.97. The molecule has 3 heteroatoms. The van der Waals surface area contributed by atoms with E-state index in [2.05, 4.69) is 41.8 Å². The first-order valence-electron chi connectivity index (χ1n) is 7.88. The molecule has 2 aromatic rings. The number of carbonyl (C=O) groups is 1. The molecule has 1 amide bonds. The molecule has 22 heavy (non-hydrogen) atoms. The van der Waals surface area contributed by atoms with E-state index in [9.17, 15) is 4.79 Å². The number of amides is 1. The molecule has 0 saturated heterocycles. The van der Waals surface area contributed by atoms with Gasteiger partial charge in [-0.25, -0.2) is 0 Å². The van der Waals surface area contributed by atoms with Gasteiger partial charge in [0.1, 0.15) is 0 Å². The summed E-state index contributed by atoms with van der Waals surface area (Å²) in [7, 11) is 0. The van der Waals surface area contributed by atoms with Crippen LogP contribution in [0.3, 0.4) is 0 Å². The molecule has 0 bridgehead atoms. The zero-order valence-electron chi connectivity index (χ0n) is 12.9. The van der Waals surface area contributed by atoms with Crippen molar-refractivity contribution in [3.05, 3.63) is 71.3 Å². The van der Waals surface area contributed by atoms with E-state index < -0.39 is 0 Å². The first-order chi connectivity index (χ1) is 10.7. The third kappa shape index (κ3) is 3.37. The van der Waals surface area contributed by atoms with Crippen LogP contribution in [0.1, 0.15) is 36.1 Å². The summed E-state index contributed by atoms with van der Waals surface area (Å²) in [5.41, 5.74) is 3.71. The molecule has 0 saturated carbocycles. The van der Waals surface area contributed by atoms with Crippen molar-refractivity contribution in [3.63, 3.8) is 0 Å². The van der Waals surface area contributed by atoms with E-state index in [0.717, 1.165) is 13.0 Å². The van der Waals surface area contributed by atoms with Gasteiger partial charge in [-0.05, 0) is 30.0 Å². The van der Waals surface area contributed by atoms with E-state index in [0.29, 0.717) is 6.42 Å². The molecule has 1 aliphatic heterocycles. The molecule has 3 nitrogen and oxygen atoms in total. The lowest BCUT2D eigenvalue weighted by molar-refractivity contribution is -0.122. The van der Waals surface area contributed by atoms with Gasteiger partial charge in [-0.2, -0.15) is 0 Å². The Morgan fingerprint density at radius 3 is 2.68 bits per heavy atom. The minimum absolute atomic E-state index is 0.0493. The number of nitrogens with one attached hydrogen (secondary N) is 2. The molecule has 3 rings (SSSR count). The highest BCUT2D eigenvalue weighted by atomic mass is 16.1. The van der Waals surface area contributed by atoms with Gasteiger partial charge < -0.3 is 10.6 Å². The van der Waals surface area contributed by atoms with Gasteiger partial charge in [0.15, 0.2) is 0 Å². The van der Waals surface area contributed by atoms with Gasteiger partial charge >= 0.3 is 0 Å². The maximum absolute atomic E-state index is 12.3. The van der Waals surface area contributed by atoms with E-state index in [-0.39, 0.29) is 18.0 Å². The van der Waals surface area contributed by atoms with E-state index in [4.69, 9.17) is 0 Å². The van der Waals surface area contributed by atoms with Crippen LogP contribution < -0.4 is 10.6 Å². The van der Waals surface area contributed by atoms with Crippen molar-refractivity contribution >= 4 is 5.91 Å². The Bertz CT molecular complexity index is 639. The fraction of sp³-hybridized carbons (Fsp3) is 0.316. The highest BCUT2D eigenvalue weighted by Gasteiger charge is 2.26. The molecular formula is C19H22N2O. The molecule has 2 aromatic carbocycles. The van der Waals surface area contributed by atoms with Gasteiger partial charge in [-0.15, -0.1) is 0 Å². The Kier molecular flexibility index (Phi) is 4.54. The number of hydrogen-bond donors (Lipinski definition) is 2. The second kappa shape index (κ2) is 6.75. The summed E-state index contributed by atoms with van der Waals surface area (Å²) < 4.78 is 0. The van der Waals surface area contributed by atoms with Crippen molar-refractivity contribution in [3.8, 4) is 0 Å². The summed E-state index contributed by atoms with van der Waals surface area (Å²) in [5.74, 6) is 0.110. The summed E-state index contributed by atoms with van der Waals surface area (Å²) in [6.45, 7) is 2.99. The summed E-state index contributed by atoms with van der Waals surface area (Å²) in [4.78, 5) is 12.3. The largest absolute Gasteiger partial charge is 0.348 e. The van der Waals surface area contributed by atoms with Gasteiger partial charge in [0.05, 0.1) is 6.04 Å². The number of aryl methyl sites for hydroxylation is 1. The highest BCUT2D eigenvalue weighted by molar-refractivity contribution is 5.77. The van der Waals surface area contributed by atoms with Gasteiger partial charge in [0.2, 0.25) is 5.91 Å². The quantitative estimate of drug-likeness (QED) is 0.910. The molecule has 2 atom stereocenters. The molecule has 0 spiro atoms. The summed E-state index contributed by atoms with van der Waals surface area (Å²) >= 11 is 0. The average Bonchev–Trinajstić information content (AvgIpc) is 2.56.